The second-order valence-corrected chi connectivity index (χ2v) is 11.4. The van der Waals surface area contributed by atoms with Crippen LogP contribution in [-0.2, 0) is 14.3 Å². The third-order valence-electron chi connectivity index (χ3n) is 5.94. The number of thioether (sulfide) groups is 1. The van der Waals surface area contributed by atoms with Gasteiger partial charge in [-0.15, -0.1) is 0 Å². The van der Waals surface area contributed by atoms with Gasteiger partial charge >= 0.3 is 6.09 Å². The third kappa shape index (κ3) is 9.22. The first-order chi connectivity index (χ1) is 17.0. The molecule has 3 amide bonds. The molecule has 36 heavy (non-hydrogen) atoms. The number of rotatable bonds is 13. The van der Waals surface area contributed by atoms with E-state index in [2.05, 4.69) is 17.6 Å². The number of alkyl carbamates (subject to hydrolysis) is 1. The summed E-state index contributed by atoms with van der Waals surface area (Å²) in [6.07, 6.45) is 6.20. The summed E-state index contributed by atoms with van der Waals surface area (Å²) >= 11 is 1.58. The van der Waals surface area contributed by atoms with Gasteiger partial charge in [0.2, 0.25) is 11.8 Å². The first kappa shape index (κ1) is 29.8. The van der Waals surface area contributed by atoms with Gasteiger partial charge in [-0.1, -0.05) is 25.8 Å². The van der Waals surface area contributed by atoms with Crippen LogP contribution in [0.15, 0.2) is 18.2 Å². The van der Waals surface area contributed by atoms with Crippen molar-refractivity contribution >= 4 is 29.7 Å². The van der Waals surface area contributed by atoms with Gasteiger partial charge in [-0.3, -0.25) is 9.59 Å². The number of ether oxygens (including phenoxy) is 1. The summed E-state index contributed by atoms with van der Waals surface area (Å²) in [4.78, 5) is 41.8. The zero-order valence-corrected chi connectivity index (χ0v) is 23.4. The van der Waals surface area contributed by atoms with Crippen LogP contribution in [0.2, 0.25) is 0 Å². The molecule has 1 aliphatic carbocycles. The van der Waals surface area contributed by atoms with E-state index in [0.717, 1.165) is 32.1 Å². The molecular weight excluding hydrogens is 478 g/mol. The van der Waals surface area contributed by atoms with Gasteiger partial charge in [-0.25, -0.2) is 4.79 Å². The molecule has 1 aromatic carbocycles. The summed E-state index contributed by atoms with van der Waals surface area (Å²) in [6.45, 7) is 9.71. The van der Waals surface area contributed by atoms with Crippen LogP contribution >= 0.6 is 11.8 Å². The predicted molar refractivity (Wildman–Crippen MR) is 144 cm³/mol. The molecule has 2 unspecified atom stereocenters. The Morgan fingerprint density at radius 2 is 1.92 bits per heavy atom. The number of phenolic OH excluding ortho intramolecular Hbond substituents is 1. The number of phenols is 1. The molecule has 0 bridgehead atoms. The molecule has 2 atom stereocenters. The number of carbonyl (C=O) groups excluding carboxylic acids is 3. The molecular formula is C27H43N3O5S. The number of unbranched alkanes of at least 4 members (excludes halogenated alkanes) is 2. The van der Waals surface area contributed by atoms with Crippen molar-refractivity contribution in [2.45, 2.75) is 96.9 Å². The largest absolute Gasteiger partial charge is 0.508 e. The van der Waals surface area contributed by atoms with E-state index in [1.54, 1.807) is 62.6 Å². The van der Waals surface area contributed by atoms with Crippen LogP contribution in [0, 0.1) is 6.92 Å². The first-order valence-corrected chi connectivity index (χ1v) is 14.3. The summed E-state index contributed by atoms with van der Waals surface area (Å²) < 4.78 is 5.42. The highest BCUT2D eigenvalue weighted by atomic mass is 32.2. The van der Waals surface area contributed by atoms with Gasteiger partial charge in [-0.05, 0) is 88.6 Å². The zero-order valence-electron chi connectivity index (χ0n) is 22.6. The molecule has 2 rings (SSSR count). The van der Waals surface area contributed by atoms with Crippen molar-refractivity contribution in [1.82, 2.24) is 15.5 Å². The second kappa shape index (κ2) is 13.8. The SMILES string of the molecule is CCCCCNC(=O)C(c1ccc(O)c(C)c1)N(C(=O)C(CCSC)NC(=O)OC(C)(C)C)C1CC1. The lowest BCUT2D eigenvalue weighted by Gasteiger charge is -2.35. The zero-order chi connectivity index (χ0) is 26.9. The van der Waals surface area contributed by atoms with E-state index in [0.29, 0.717) is 29.8 Å². The van der Waals surface area contributed by atoms with Gasteiger partial charge in [0.15, 0.2) is 0 Å². The lowest BCUT2D eigenvalue weighted by atomic mass is 9.99. The van der Waals surface area contributed by atoms with E-state index in [1.165, 1.54) is 0 Å². The summed E-state index contributed by atoms with van der Waals surface area (Å²) in [7, 11) is 0. The normalized spacial score (nSPS) is 15.1. The standard InChI is InChI=1S/C27H43N3O5S/c1-7-8-9-15-28-24(32)23(19-10-13-22(31)18(2)17-19)30(20-11-12-20)25(33)21(14-16-36-6)29-26(34)35-27(3,4)5/h10,13,17,20-21,23,31H,7-9,11-12,14-16H2,1-6H3,(H,28,32)(H,29,34). The lowest BCUT2D eigenvalue weighted by Crippen LogP contribution is -2.54. The molecule has 0 aromatic heterocycles. The number of nitrogens with zero attached hydrogens (tertiary/aromatic N) is 1. The van der Waals surface area contributed by atoms with Gasteiger partial charge in [0.25, 0.3) is 0 Å². The van der Waals surface area contributed by atoms with Crippen LogP contribution in [0.3, 0.4) is 0 Å². The molecule has 9 heteroatoms. The summed E-state index contributed by atoms with van der Waals surface area (Å²) in [6, 6.07) is 3.24. The average Bonchev–Trinajstić information content (AvgIpc) is 3.63. The molecule has 1 aliphatic rings. The minimum atomic E-state index is -0.858. The molecule has 0 spiro atoms. The van der Waals surface area contributed by atoms with Gasteiger partial charge in [-0.2, -0.15) is 11.8 Å². The highest BCUT2D eigenvalue weighted by Gasteiger charge is 2.44. The number of carbonyl (C=O) groups is 3. The summed E-state index contributed by atoms with van der Waals surface area (Å²) in [5, 5.41) is 15.8. The van der Waals surface area contributed by atoms with Crippen LogP contribution in [0.25, 0.3) is 0 Å². The number of nitrogens with one attached hydrogen (secondary N) is 2. The summed E-state index contributed by atoms with van der Waals surface area (Å²) in [5.74, 6) is 0.250. The van der Waals surface area contributed by atoms with E-state index in [-0.39, 0.29) is 23.6 Å². The molecule has 8 nitrogen and oxygen atoms in total. The number of benzene rings is 1. The van der Waals surface area contributed by atoms with Gasteiger partial charge < -0.3 is 25.4 Å². The molecule has 1 saturated carbocycles. The number of hydrogen-bond acceptors (Lipinski definition) is 6. The highest BCUT2D eigenvalue weighted by Crippen LogP contribution is 2.37. The Bertz CT molecular complexity index is 898. The number of amides is 3. The topological polar surface area (TPSA) is 108 Å². The van der Waals surface area contributed by atoms with Crippen LogP contribution in [0.4, 0.5) is 4.79 Å². The number of aromatic hydroxyl groups is 1. The Balaban J connectivity index is 2.39. The number of aryl methyl sites for hydroxylation is 1. The smallest absolute Gasteiger partial charge is 0.408 e. The van der Waals surface area contributed by atoms with E-state index >= 15 is 0 Å². The molecule has 1 aromatic rings. The fourth-order valence-electron chi connectivity index (χ4n) is 3.96. The lowest BCUT2D eigenvalue weighted by molar-refractivity contribution is -0.143. The number of hydrogen-bond donors (Lipinski definition) is 3. The fourth-order valence-corrected chi connectivity index (χ4v) is 4.44. The van der Waals surface area contributed by atoms with Crippen LogP contribution in [0.1, 0.15) is 83.4 Å². The first-order valence-electron chi connectivity index (χ1n) is 12.9. The maximum absolute atomic E-state index is 14.0. The molecule has 0 radical (unpaired) electrons. The highest BCUT2D eigenvalue weighted by molar-refractivity contribution is 7.98. The monoisotopic (exact) mass is 521 g/mol. The van der Waals surface area contributed by atoms with Crippen molar-refractivity contribution in [2.75, 3.05) is 18.6 Å². The Kier molecular flexibility index (Phi) is 11.4. The van der Waals surface area contributed by atoms with Crippen molar-refractivity contribution in [1.29, 1.82) is 0 Å². The average molecular weight is 522 g/mol. The van der Waals surface area contributed by atoms with Crippen LogP contribution in [-0.4, -0.2) is 64.2 Å². The third-order valence-corrected chi connectivity index (χ3v) is 6.58. The molecule has 202 valence electrons. The van der Waals surface area contributed by atoms with Crippen LogP contribution in [0.5, 0.6) is 5.75 Å². The second-order valence-electron chi connectivity index (χ2n) is 10.4. The molecule has 0 heterocycles. The quantitative estimate of drug-likeness (QED) is 0.325. The molecule has 0 aliphatic heterocycles. The van der Waals surface area contributed by atoms with Crippen LogP contribution < -0.4 is 10.6 Å². The minimum absolute atomic E-state index is 0.0878. The maximum atomic E-state index is 14.0. The van der Waals surface area contributed by atoms with Gasteiger partial charge in [0.05, 0.1) is 0 Å². The molecule has 3 N–H and O–H groups in total. The Hall–Kier alpha value is -2.42. The summed E-state index contributed by atoms with van der Waals surface area (Å²) in [5.41, 5.74) is 0.572. The van der Waals surface area contributed by atoms with Gasteiger partial charge in [0.1, 0.15) is 23.4 Å². The minimum Gasteiger partial charge on any atom is -0.508 e. The van der Waals surface area contributed by atoms with Crippen molar-refractivity contribution in [2.24, 2.45) is 0 Å². The van der Waals surface area contributed by atoms with Crippen molar-refractivity contribution in [3.05, 3.63) is 29.3 Å². The van der Waals surface area contributed by atoms with E-state index < -0.39 is 23.8 Å². The van der Waals surface area contributed by atoms with E-state index in [1.807, 2.05) is 6.26 Å². The maximum Gasteiger partial charge on any atom is 0.408 e. The van der Waals surface area contributed by atoms with E-state index in [4.69, 9.17) is 4.74 Å². The predicted octanol–water partition coefficient (Wildman–Crippen LogP) is 4.69. The molecule has 1 fully saturated rings. The Morgan fingerprint density at radius 1 is 1.22 bits per heavy atom. The fraction of sp³-hybridized carbons (Fsp3) is 0.667. The Morgan fingerprint density at radius 3 is 2.47 bits per heavy atom. The van der Waals surface area contributed by atoms with Crippen molar-refractivity contribution in [3.8, 4) is 5.75 Å². The van der Waals surface area contributed by atoms with Gasteiger partial charge in [0, 0.05) is 12.6 Å². The molecule has 0 saturated heterocycles. The Labute approximate surface area is 219 Å². The van der Waals surface area contributed by atoms with E-state index in [9.17, 15) is 19.5 Å². The van der Waals surface area contributed by atoms with Crippen molar-refractivity contribution < 1.29 is 24.2 Å². The van der Waals surface area contributed by atoms with Crippen molar-refractivity contribution in [3.63, 3.8) is 0 Å².